The molecule has 4 heteroatoms. The summed E-state index contributed by atoms with van der Waals surface area (Å²) >= 11 is 0. The minimum Gasteiger partial charge on any atom is -0.379 e. The third-order valence-corrected chi connectivity index (χ3v) is 5.32. The number of morpholine rings is 1. The average Bonchev–Trinajstić information content (AvgIpc) is 2.74. The van der Waals surface area contributed by atoms with Crippen LogP contribution < -0.4 is 5.32 Å². The van der Waals surface area contributed by atoms with Gasteiger partial charge >= 0.3 is 0 Å². The minimum atomic E-state index is -0.0556. The Labute approximate surface area is 166 Å². The number of hydrogen-bond acceptors (Lipinski definition) is 3. The molecule has 144 valence electrons. The van der Waals surface area contributed by atoms with Gasteiger partial charge in [0.25, 0.3) is 5.91 Å². The second-order valence-corrected chi connectivity index (χ2v) is 7.39. The maximum Gasteiger partial charge on any atom is 0.251 e. The lowest BCUT2D eigenvalue weighted by Crippen LogP contribution is -2.35. The van der Waals surface area contributed by atoms with E-state index in [1.54, 1.807) is 0 Å². The van der Waals surface area contributed by atoms with Crippen molar-refractivity contribution in [1.82, 2.24) is 10.2 Å². The molecule has 28 heavy (non-hydrogen) atoms. The summed E-state index contributed by atoms with van der Waals surface area (Å²) < 4.78 is 5.41. The van der Waals surface area contributed by atoms with E-state index in [2.05, 4.69) is 46.6 Å². The first-order valence-electron chi connectivity index (χ1n) is 9.88. The zero-order valence-electron chi connectivity index (χ0n) is 16.2. The number of amides is 1. The highest BCUT2D eigenvalue weighted by Crippen LogP contribution is 2.21. The number of hydrogen-bond donors (Lipinski definition) is 1. The Morgan fingerprint density at radius 1 is 1.00 bits per heavy atom. The van der Waals surface area contributed by atoms with Crippen LogP contribution in [-0.2, 0) is 11.3 Å². The first-order chi connectivity index (χ1) is 13.7. The highest BCUT2D eigenvalue weighted by atomic mass is 16.5. The van der Waals surface area contributed by atoms with Crippen LogP contribution in [0.1, 0.15) is 34.5 Å². The summed E-state index contributed by atoms with van der Waals surface area (Å²) in [5, 5.41) is 5.53. The van der Waals surface area contributed by atoms with E-state index in [1.807, 2.05) is 37.3 Å². The number of carbonyl (C=O) groups excluding carboxylic acids is 1. The molecule has 1 unspecified atom stereocenters. The Bertz CT molecular complexity index is 963. The van der Waals surface area contributed by atoms with Gasteiger partial charge in [0.05, 0.1) is 19.3 Å². The van der Waals surface area contributed by atoms with Crippen molar-refractivity contribution < 1.29 is 9.53 Å². The Balaban J connectivity index is 1.44. The van der Waals surface area contributed by atoms with E-state index in [-0.39, 0.29) is 11.9 Å². The fourth-order valence-electron chi connectivity index (χ4n) is 3.67. The van der Waals surface area contributed by atoms with Gasteiger partial charge in [-0.3, -0.25) is 9.69 Å². The number of ether oxygens (including phenoxy) is 1. The smallest absolute Gasteiger partial charge is 0.251 e. The van der Waals surface area contributed by atoms with Crippen molar-refractivity contribution >= 4 is 16.7 Å². The molecule has 1 aliphatic heterocycles. The fraction of sp³-hybridized carbons (Fsp3) is 0.292. The molecule has 0 aromatic heterocycles. The third-order valence-electron chi connectivity index (χ3n) is 5.32. The Morgan fingerprint density at radius 2 is 1.79 bits per heavy atom. The Morgan fingerprint density at radius 3 is 2.61 bits per heavy atom. The third kappa shape index (κ3) is 4.41. The normalized spacial score (nSPS) is 16.0. The lowest BCUT2D eigenvalue weighted by molar-refractivity contribution is 0.0342. The van der Waals surface area contributed by atoms with Gasteiger partial charge in [0.2, 0.25) is 0 Å². The number of rotatable bonds is 5. The molecule has 0 bridgehead atoms. The van der Waals surface area contributed by atoms with E-state index in [0.29, 0.717) is 5.56 Å². The predicted molar refractivity (Wildman–Crippen MR) is 112 cm³/mol. The van der Waals surface area contributed by atoms with Crippen LogP contribution in [0.2, 0.25) is 0 Å². The summed E-state index contributed by atoms with van der Waals surface area (Å²) in [5.74, 6) is -0.0375. The van der Waals surface area contributed by atoms with Gasteiger partial charge in [-0.25, -0.2) is 0 Å². The first-order valence-corrected chi connectivity index (χ1v) is 9.88. The number of nitrogens with one attached hydrogen (secondary N) is 1. The van der Waals surface area contributed by atoms with Crippen molar-refractivity contribution in [3.8, 4) is 0 Å². The maximum atomic E-state index is 12.8. The molecule has 4 nitrogen and oxygen atoms in total. The van der Waals surface area contributed by atoms with Crippen molar-refractivity contribution in [2.75, 3.05) is 26.3 Å². The fourth-order valence-corrected chi connectivity index (χ4v) is 3.67. The second kappa shape index (κ2) is 8.55. The standard InChI is InChI=1S/C24H26N2O2/c1-18(21-10-9-20-6-2-3-7-22(20)16-21)25-24(27)23-8-4-5-19(15-23)17-26-11-13-28-14-12-26/h2-10,15-16,18H,11-14,17H2,1H3,(H,25,27). The molecule has 4 rings (SSSR count). The van der Waals surface area contributed by atoms with Gasteiger partial charge in [-0.05, 0) is 47.0 Å². The van der Waals surface area contributed by atoms with Gasteiger partial charge in [-0.2, -0.15) is 0 Å². The predicted octanol–water partition coefficient (Wildman–Crippen LogP) is 4.16. The van der Waals surface area contributed by atoms with Crippen LogP contribution in [0.4, 0.5) is 0 Å². The molecule has 0 radical (unpaired) electrons. The molecule has 1 saturated heterocycles. The quantitative estimate of drug-likeness (QED) is 0.729. The summed E-state index contributed by atoms with van der Waals surface area (Å²) in [6.07, 6.45) is 0. The molecule has 1 fully saturated rings. The number of nitrogens with zero attached hydrogens (tertiary/aromatic N) is 1. The molecule has 1 N–H and O–H groups in total. The van der Waals surface area contributed by atoms with Gasteiger partial charge in [0.15, 0.2) is 0 Å². The van der Waals surface area contributed by atoms with E-state index in [9.17, 15) is 4.79 Å². The summed E-state index contributed by atoms with van der Waals surface area (Å²) in [7, 11) is 0. The van der Waals surface area contributed by atoms with Crippen molar-refractivity contribution in [3.05, 3.63) is 83.4 Å². The van der Waals surface area contributed by atoms with Gasteiger partial charge < -0.3 is 10.1 Å². The van der Waals surface area contributed by atoms with Crippen molar-refractivity contribution in [3.63, 3.8) is 0 Å². The highest BCUT2D eigenvalue weighted by Gasteiger charge is 2.14. The molecule has 0 spiro atoms. The molecule has 1 amide bonds. The van der Waals surface area contributed by atoms with E-state index < -0.39 is 0 Å². The van der Waals surface area contributed by atoms with E-state index >= 15 is 0 Å². The lowest BCUT2D eigenvalue weighted by Gasteiger charge is -2.26. The summed E-state index contributed by atoms with van der Waals surface area (Å²) in [5.41, 5.74) is 2.97. The van der Waals surface area contributed by atoms with Crippen LogP contribution in [0, 0.1) is 0 Å². The van der Waals surface area contributed by atoms with E-state index in [0.717, 1.165) is 44.0 Å². The SMILES string of the molecule is CC(NC(=O)c1cccc(CN2CCOCC2)c1)c1ccc2ccccc2c1. The molecule has 0 aliphatic carbocycles. The summed E-state index contributed by atoms with van der Waals surface area (Å²) in [6, 6.07) is 22.5. The zero-order valence-corrected chi connectivity index (χ0v) is 16.2. The number of benzene rings is 3. The lowest BCUT2D eigenvalue weighted by atomic mass is 10.0. The summed E-state index contributed by atoms with van der Waals surface area (Å²) in [6.45, 7) is 6.32. The van der Waals surface area contributed by atoms with Gasteiger partial charge in [0.1, 0.15) is 0 Å². The van der Waals surface area contributed by atoms with Crippen LogP contribution in [0.25, 0.3) is 10.8 Å². The molecule has 1 aliphatic rings. The van der Waals surface area contributed by atoms with E-state index in [1.165, 1.54) is 10.8 Å². The Hall–Kier alpha value is -2.69. The molecule has 1 heterocycles. The molecule has 0 saturated carbocycles. The molecule has 3 aromatic carbocycles. The van der Waals surface area contributed by atoms with Gasteiger partial charge in [-0.15, -0.1) is 0 Å². The van der Waals surface area contributed by atoms with Crippen LogP contribution >= 0.6 is 0 Å². The van der Waals surface area contributed by atoms with Crippen LogP contribution in [-0.4, -0.2) is 37.1 Å². The minimum absolute atomic E-state index is 0.0375. The average molecular weight is 374 g/mol. The molecule has 1 atom stereocenters. The topological polar surface area (TPSA) is 41.6 Å². The molecular formula is C24H26N2O2. The van der Waals surface area contributed by atoms with Gasteiger partial charge in [0, 0.05) is 25.2 Å². The van der Waals surface area contributed by atoms with Crippen LogP contribution in [0.15, 0.2) is 66.7 Å². The van der Waals surface area contributed by atoms with E-state index in [4.69, 9.17) is 4.74 Å². The van der Waals surface area contributed by atoms with Crippen molar-refractivity contribution in [2.24, 2.45) is 0 Å². The van der Waals surface area contributed by atoms with Crippen LogP contribution in [0.3, 0.4) is 0 Å². The summed E-state index contributed by atoms with van der Waals surface area (Å²) in [4.78, 5) is 15.2. The first kappa shape index (κ1) is 18.7. The zero-order chi connectivity index (χ0) is 19.3. The van der Waals surface area contributed by atoms with Crippen molar-refractivity contribution in [1.29, 1.82) is 0 Å². The Kier molecular flexibility index (Phi) is 5.70. The monoisotopic (exact) mass is 374 g/mol. The highest BCUT2D eigenvalue weighted by molar-refractivity contribution is 5.94. The van der Waals surface area contributed by atoms with Crippen molar-refractivity contribution in [2.45, 2.75) is 19.5 Å². The van der Waals surface area contributed by atoms with Gasteiger partial charge in [-0.1, -0.05) is 48.5 Å². The largest absolute Gasteiger partial charge is 0.379 e. The maximum absolute atomic E-state index is 12.8. The number of fused-ring (bicyclic) bond motifs is 1. The number of carbonyl (C=O) groups is 1. The molecular weight excluding hydrogens is 348 g/mol. The van der Waals surface area contributed by atoms with Crippen LogP contribution in [0.5, 0.6) is 0 Å². The second-order valence-electron chi connectivity index (χ2n) is 7.39. The molecule has 3 aromatic rings.